The molecule has 6 N–H and O–H groups in total. The molecule has 56 heavy (non-hydrogen) atoms. The first-order chi connectivity index (χ1) is 26.7. The highest BCUT2D eigenvalue weighted by atomic mass is 31.0. The molecule has 3 rings (SSSR count). The monoisotopic (exact) mass is 793 g/mol. The summed E-state index contributed by atoms with van der Waals surface area (Å²) in [5, 5.41) is 9.73. The van der Waals surface area contributed by atoms with Crippen LogP contribution in [0.15, 0.2) is 128 Å². The first kappa shape index (κ1) is 59.1. The lowest BCUT2D eigenvalue weighted by Gasteiger charge is -2.29. The Labute approximate surface area is 348 Å². The van der Waals surface area contributed by atoms with Crippen molar-refractivity contribution in [2.45, 2.75) is 107 Å². The second kappa shape index (κ2) is 41.1. The smallest absolute Gasteiger partial charge is 0.179 e. The van der Waals surface area contributed by atoms with Crippen molar-refractivity contribution in [1.82, 2.24) is 26.4 Å². The number of nitrogens with two attached hydrogens (primary N) is 1. The lowest BCUT2D eigenvalue weighted by Crippen LogP contribution is -2.38. The largest absolute Gasteiger partial charge is 0.483 e. The number of ether oxygens (including phenoxy) is 1. The van der Waals surface area contributed by atoms with Gasteiger partial charge in [0.05, 0.1) is 18.8 Å². The molecule has 8 heteroatoms. The van der Waals surface area contributed by atoms with Crippen LogP contribution in [-0.2, 0) is 17.7 Å². The Hall–Kier alpha value is -3.58. The summed E-state index contributed by atoms with van der Waals surface area (Å²) in [6, 6.07) is 25.5. The van der Waals surface area contributed by atoms with E-state index in [1.54, 1.807) is 19.4 Å². The minimum Gasteiger partial charge on any atom is -0.483 e. The number of benzene rings is 2. The van der Waals surface area contributed by atoms with Crippen molar-refractivity contribution in [2.24, 2.45) is 17.2 Å². The zero-order valence-electron chi connectivity index (χ0n) is 38.1. The molecule has 3 atom stereocenters. The van der Waals surface area contributed by atoms with E-state index in [1.807, 2.05) is 84.9 Å². The summed E-state index contributed by atoms with van der Waals surface area (Å²) < 4.78 is 4.98. The minimum absolute atomic E-state index is 0.161. The third-order valence-electron chi connectivity index (χ3n) is 7.11. The molecular weight excluding hydrogens is 708 g/mol. The van der Waals surface area contributed by atoms with Gasteiger partial charge in [0.1, 0.15) is 0 Å². The van der Waals surface area contributed by atoms with Crippen LogP contribution in [0.2, 0.25) is 0 Å². The number of hydrogen-bond donors (Lipinski definition) is 5. The maximum atomic E-state index is 5.25. The van der Waals surface area contributed by atoms with E-state index >= 15 is 0 Å². The summed E-state index contributed by atoms with van der Waals surface area (Å²) in [4.78, 5) is 4.28. The van der Waals surface area contributed by atoms with Crippen LogP contribution in [-0.4, -0.2) is 51.5 Å². The number of aromatic nitrogens is 1. The summed E-state index contributed by atoms with van der Waals surface area (Å²) >= 11 is 0. The van der Waals surface area contributed by atoms with E-state index in [2.05, 4.69) is 145 Å². The fourth-order valence-corrected chi connectivity index (χ4v) is 4.39. The summed E-state index contributed by atoms with van der Waals surface area (Å²) in [5.41, 5.74) is 8.74. The Balaban J connectivity index is -0.000000322. The molecule has 1 heterocycles. The number of nitrogens with one attached hydrogen (secondary N) is 4. The molecule has 0 bridgehead atoms. The van der Waals surface area contributed by atoms with Gasteiger partial charge >= 0.3 is 0 Å². The van der Waals surface area contributed by atoms with Crippen molar-refractivity contribution in [3.8, 4) is 11.3 Å². The number of hydrazine groups is 1. The molecule has 0 fully saturated rings. The molecule has 3 unspecified atom stereocenters. The molecule has 0 aliphatic carbocycles. The topological polar surface area (TPSA) is 96.3 Å². The molecule has 0 spiro atoms. The van der Waals surface area contributed by atoms with E-state index in [-0.39, 0.29) is 11.5 Å². The standard InChI is InChI=1S/C15H24N2.C12H13N3.C11H21NO.C4H10.C3H6.C2H6.CH5P/c1-13(12-16-2)9-10-15(17-3)11-14-7-5-4-6-8-14;13-15-9-10-4-6-11(7-5-10)12-3-1-2-8-14-12;1-7-8-10(11(3,4)5)12-9(2)13-6;1-4(2)3;1-3-2;2*1-2/h4-8,15-17H,1,9-12H2,2-3H3;1-8,15H,9,13H2;7-8,10,12H,2H2,1,3-6H3;4H,1-3H3;3H,1H2,2H3;1-2H3;2H2,1H3/b;;8-7+;;;;. The minimum atomic E-state index is 0.161. The van der Waals surface area contributed by atoms with E-state index in [1.165, 1.54) is 11.1 Å². The van der Waals surface area contributed by atoms with Gasteiger partial charge in [0.15, 0.2) is 5.88 Å². The van der Waals surface area contributed by atoms with E-state index in [0.29, 0.717) is 18.5 Å². The molecule has 0 amide bonds. The quantitative estimate of drug-likeness (QED) is 0.0344. The predicted octanol–water partition coefficient (Wildman–Crippen LogP) is 11.1. The summed E-state index contributed by atoms with van der Waals surface area (Å²) in [6.45, 7) is 35.6. The molecule has 0 saturated carbocycles. The van der Waals surface area contributed by atoms with Gasteiger partial charge in [-0.05, 0) is 88.4 Å². The number of likely N-dealkylation sites (N-methyl/N-ethyl adjacent to an activating group) is 2. The zero-order chi connectivity index (χ0) is 43.8. The Morgan fingerprint density at radius 3 is 1.84 bits per heavy atom. The molecule has 318 valence electrons. The number of rotatable bonds is 15. The van der Waals surface area contributed by atoms with Gasteiger partial charge in [0.25, 0.3) is 0 Å². The van der Waals surface area contributed by atoms with Gasteiger partial charge in [-0.25, -0.2) is 0 Å². The van der Waals surface area contributed by atoms with E-state index in [0.717, 1.165) is 48.5 Å². The molecule has 2 aromatic carbocycles. The van der Waals surface area contributed by atoms with Crippen LogP contribution in [0.4, 0.5) is 0 Å². The van der Waals surface area contributed by atoms with Crippen LogP contribution >= 0.6 is 9.24 Å². The number of allylic oxidation sites excluding steroid dienone is 2. The summed E-state index contributed by atoms with van der Waals surface area (Å²) in [5.74, 6) is 6.69. The summed E-state index contributed by atoms with van der Waals surface area (Å²) in [6.07, 6.45) is 11.0. The predicted molar refractivity (Wildman–Crippen MR) is 257 cm³/mol. The molecule has 1 aromatic heterocycles. The van der Waals surface area contributed by atoms with Gasteiger partial charge in [-0.2, -0.15) is 0 Å². The number of hydrogen-bond acceptors (Lipinski definition) is 7. The van der Waals surface area contributed by atoms with Gasteiger partial charge < -0.3 is 20.7 Å². The molecule has 0 aliphatic rings. The zero-order valence-corrected chi connectivity index (χ0v) is 39.3. The molecule has 0 aliphatic heterocycles. The van der Waals surface area contributed by atoms with E-state index < -0.39 is 0 Å². The highest BCUT2D eigenvalue weighted by Crippen LogP contribution is 2.21. The first-order valence-corrected chi connectivity index (χ1v) is 21.1. The third kappa shape index (κ3) is 36.1. The molecule has 0 radical (unpaired) electrons. The fourth-order valence-electron chi connectivity index (χ4n) is 4.39. The van der Waals surface area contributed by atoms with E-state index in [9.17, 15) is 0 Å². The van der Waals surface area contributed by atoms with Gasteiger partial charge in [-0.3, -0.25) is 16.3 Å². The van der Waals surface area contributed by atoms with Gasteiger partial charge in [-0.15, -0.1) is 15.8 Å². The Kier molecular flexibility index (Phi) is 43.4. The van der Waals surface area contributed by atoms with Crippen molar-refractivity contribution in [1.29, 1.82) is 0 Å². The van der Waals surface area contributed by atoms with E-state index in [4.69, 9.17) is 10.6 Å². The van der Waals surface area contributed by atoms with Crippen LogP contribution < -0.4 is 27.2 Å². The van der Waals surface area contributed by atoms with Crippen molar-refractivity contribution in [3.05, 3.63) is 140 Å². The Morgan fingerprint density at radius 1 is 0.893 bits per heavy atom. The Bertz CT molecular complexity index is 1320. The van der Waals surface area contributed by atoms with Crippen LogP contribution in [0.1, 0.15) is 93.2 Å². The normalized spacial score (nSPS) is 10.9. The van der Waals surface area contributed by atoms with Crippen molar-refractivity contribution < 1.29 is 4.74 Å². The van der Waals surface area contributed by atoms with Crippen LogP contribution in [0.5, 0.6) is 0 Å². The molecule has 0 saturated heterocycles. The third-order valence-corrected chi connectivity index (χ3v) is 7.11. The highest BCUT2D eigenvalue weighted by Gasteiger charge is 2.22. The highest BCUT2D eigenvalue weighted by molar-refractivity contribution is 7.15. The Morgan fingerprint density at radius 2 is 1.43 bits per heavy atom. The van der Waals surface area contributed by atoms with Crippen LogP contribution in [0.25, 0.3) is 11.3 Å². The fraction of sp³-hybridized carbons (Fsp3) is 0.479. The van der Waals surface area contributed by atoms with Crippen LogP contribution in [0, 0.1) is 11.3 Å². The lowest BCUT2D eigenvalue weighted by atomic mass is 9.86. The summed E-state index contributed by atoms with van der Waals surface area (Å²) in [7, 11) is 8.03. The number of nitrogens with zero attached hydrogens (tertiary/aromatic N) is 1. The molecule has 7 nitrogen and oxygen atoms in total. The maximum Gasteiger partial charge on any atom is 0.179 e. The van der Waals surface area contributed by atoms with Crippen molar-refractivity contribution >= 4 is 9.24 Å². The van der Waals surface area contributed by atoms with Gasteiger partial charge in [-0.1, -0.05) is 153 Å². The van der Waals surface area contributed by atoms with Crippen LogP contribution in [0.3, 0.4) is 0 Å². The molecular formula is C48H85N6OP. The van der Waals surface area contributed by atoms with Crippen molar-refractivity contribution in [2.75, 3.05) is 34.4 Å². The maximum absolute atomic E-state index is 5.25. The first-order valence-electron chi connectivity index (χ1n) is 20.0. The molecule has 3 aromatic rings. The van der Waals surface area contributed by atoms with Gasteiger partial charge in [0.2, 0.25) is 0 Å². The second-order valence-corrected chi connectivity index (χ2v) is 14.1. The second-order valence-electron chi connectivity index (χ2n) is 14.1. The lowest BCUT2D eigenvalue weighted by molar-refractivity contribution is 0.225. The average molecular weight is 793 g/mol. The van der Waals surface area contributed by atoms with Gasteiger partial charge in [0, 0.05) is 30.9 Å². The van der Waals surface area contributed by atoms with Crippen molar-refractivity contribution in [3.63, 3.8) is 0 Å². The average Bonchev–Trinajstić information content (AvgIpc) is 3.19. The number of methoxy groups -OCH3 is 1. The SMILES string of the molecule is C=C(CCC(Cc1ccccc1)NC)CNC.C=C(NC(/C=C/C)C(C)(C)C)OC.C=CC.CC.CC(C)C.CP.NNCc1ccc(-c2ccccn2)cc1. The number of pyridine rings is 1.